The number of carboxylic acids is 1. The molecule has 2 N–H and O–H groups in total. The topological polar surface area (TPSA) is 92.4 Å². The number of carbonyl (C=O) groups is 2. The number of amides is 1. The number of carbonyl (C=O) groups excluding carboxylic acids is 1. The monoisotopic (exact) mass is 526 g/mol. The van der Waals surface area contributed by atoms with Gasteiger partial charge in [-0.1, -0.05) is 97.0 Å². The van der Waals surface area contributed by atoms with Crippen molar-refractivity contribution in [2.75, 3.05) is 0 Å². The fraction of sp³-hybridized carbons (Fsp3) is 0.0882. The van der Waals surface area contributed by atoms with Gasteiger partial charge >= 0.3 is 5.97 Å². The van der Waals surface area contributed by atoms with Crippen LogP contribution in [0.2, 0.25) is 0 Å². The average molecular weight is 527 g/mol. The van der Waals surface area contributed by atoms with Crippen LogP contribution in [-0.4, -0.2) is 22.1 Å². The van der Waals surface area contributed by atoms with E-state index >= 15 is 0 Å². The molecule has 0 aliphatic heterocycles. The third-order valence-electron chi connectivity index (χ3n) is 7.29. The number of aromatic carboxylic acids is 1. The Bertz CT molecular complexity index is 1860. The van der Waals surface area contributed by atoms with Crippen LogP contribution in [0.1, 0.15) is 50.4 Å². The molecule has 0 aliphatic rings. The Labute approximate surface area is 230 Å². The number of hydrogen-bond acceptors (Lipinski definition) is 4. The molecule has 196 valence electrons. The van der Waals surface area contributed by atoms with Crippen LogP contribution < -0.4 is 5.32 Å². The second-order valence-electron chi connectivity index (χ2n) is 9.84. The highest BCUT2D eigenvalue weighted by atomic mass is 16.5. The van der Waals surface area contributed by atoms with Gasteiger partial charge in [0.2, 0.25) is 0 Å². The van der Waals surface area contributed by atoms with Crippen LogP contribution in [0.4, 0.5) is 0 Å². The highest BCUT2D eigenvalue weighted by Crippen LogP contribution is 2.36. The predicted octanol–water partition coefficient (Wildman–Crippen LogP) is 7.43. The SMILES string of the molecule is C[C@H](c1ccc2ccccc2c1)c1noc2cc(-c3ccccc3)cc(C(=O)NCc3ccc(C(=O)O)cc3)c12. The van der Waals surface area contributed by atoms with E-state index < -0.39 is 5.97 Å². The maximum Gasteiger partial charge on any atom is 0.335 e. The molecule has 6 rings (SSSR count). The Hall–Kier alpha value is -5.23. The molecule has 0 saturated heterocycles. The smallest absolute Gasteiger partial charge is 0.335 e. The van der Waals surface area contributed by atoms with E-state index in [1.54, 1.807) is 12.1 Å². The second-order valence-corrected chi connectivity index (χ2v) is 9.84. The molecule has 1 aromatic heterocycles. The number of benzene rings is 5. The summed E-state index contributed by atoms with van der Waals surface area (Å²) in [6, 6.07) is 34.6. The third-order valence-corrected chi connectivity index (χ3v) is 7.29. The molecule has 1 atom stereocenters. The first-order chi connectivity index (χ1) is 19.5. The zero-order valence-corrected chi connectivity index (χ0v) is 21.8. The molecule has 6 aromatic rings. The molecule has 0 fully saturated rings. The molecular weight excluding hydrogens is 500 g/mol. The number of aromatic nitrogens is 1. The van der Waals surface area contributed by atoms with Gasteiger partial charge in [0.1, 0.15) is 0 Å². The fourth-order valence-electron chi connectivity index (χ4n) is 5.05. The Morgan fingerprint density at radius 2 is 1.55 bits per heavy atom. The van der Waals surface area contributed by atoms with Crippen molar-refractivity contribution in [2.45, 2.75) is 19.4 Å². The van der Waals surface area contributed by atoms with E-state index in [1.807, 2.05) is 54.6 Å². The first kappa shape index (κ1) is 25.1. The number of fused-ring (bicyclic) bond motifs is 2. The highest BCUT2D eigenvalue weighted by Gasteiger charge is 2.24. The van der Waals surface area contributed by atoms with Gasteiger partial charge in [0.25, 0.3) is 5.91 Å². The van der Waals surface area contributed by atoms with E-state index in [0.29, 0.717) is 22.2 Å². The summed E-state index contributed by atoms with van der Waals surface area (Å²) in [6.45, 7) is 2.31. The van der Waals surface area contributed by atoms with Gasteiger partial charge in [0, 0.05) is 12.5 Å². The van der Waals surface area contributed by atoms with Crippen LogP contribution in [0.25, 0.3) is 32.9 Å². The lowest BCUT2D eigenvalue weighted by Gasteiger charge is -2.13. The molecule has 0 bridgehead atoms. The Kier molecular flexibility index (Phi) is 6.58. The zero-order chi connectivity index (χ0) is 27.6. The minimum atomic E-state index is -0.990. The summed E-state index contributed by atoms with van der Waals surface area (Å²) in [5.41, 5.74) is 5.59. The highest BCUT2D eigenvalue weighted by molar-refractivity contribution is 6.08. The quantitative estimate of drug-likeness (QED) is 0.226. The minimum absolute atomic E-state index is 0.122. The number of hydrogen-bond donors (Lipinski definition) is 2. The van der Waals surface area contributed by atoms with Gasteiger partial charge < -0.3 is 14.9 Å². The van der Waals surface area contributed by atoms with Crippen molar-refractivity contribution in [1.29, 1.82) is 0 Å². The molecule has 1 heterocycles. The van der Waals surface area contributed by atoms with Gasteiger partial charge in [0.15, 0.2) is 5.58 Å². The van der Waals surface area contributed by atoms with Crippen molar-refractivity contribution in [2.24, 2.45) is 0 Å². The molecule has 0 spiro atoms. The summed E-state index contributed by atoms with van der Waals surface area (Å²) in [7, 11) is 0. The van der Waals surface area contributed by atoms with E-state index in [-0.39, 0.29) is 23.9 Å². The lowest BCUT2D eigenvalue weighted by molar-refractivity contribution is 0.0696. The van der Waals surface area contributed by atoms with E-state index in [9.17, 15) is 9.59 Å². The minimum Gasteiger partial charge on any atom is -0.478 e. The van der Waals surface area contributed by atoms with Crippen molar-refractivity contribution < 1.29 is 19.2 Å². The van der Waals surface area contributed by atoms with Crippen molar-refractivity contribution in [3.8, 4) is 11.1 Å². The van der Waals surface area contributed by atoms with E-state index in [2.05, 4.69) is 47.7 Å². The van der Waals surface area contributed by atoms with Crippen LogP contribution in [0.3, 0.4) is 0 Å². The summed E-state index contributed by atoms with van der Waals surface area (Å²) in [4.78, 5) is 24.9. The molecule has 6 heteroatoms. The van der Waals surface area contributed by atoms with Crippen molar-refractivity contribution in [3.63, 3.8) is 0 Å². The fourth-order valence-corrected chi connectivity index (χ4v) is 5.05. The standard InChI is InChI=1S/C34H26N2O4/c1-21(26-16-15-24-9-5-6-10-27(24)17-26)32-31-29(33(37)35-20-22-11-13-25(14-12-22)34(38)39)18-28(19-30(31)40-36-32)23-7-3-2-4-8-23/h2-19,21H,20H2,1H3,(H,35,37)(H,38,39)/t21-/m1/s1. The van der Waals surface area contributed by atoms with Gasteiger partial charge in [-0.25, -0.2) is 4.79 Å². The largest absolute Gasteiger partial charge is 0.478 e. The second kappa shape index (κ2) is 10.5. The Balaban J connectivity index is 1.40. The van der Waals surface area contributed by atoms with Gasteiger partial charge in [-0.3, -0.25) is 4.79 Å². The van der Waals surface area contributed by atoms with Crippen LogP contribution in [0, 0.1) is 0 Å². The summed E-state index contributed by atoms with van der Waals surface area (Å²) < 4.78 is 5.84. The number of carboxylic acid groups (broad SMARTS) is 1. The maximum absolute atomic E-state index is 13.7. The summed E-state index contributed by atoms with van der Waals surface area (Å²) in [6.07, 6.45) is 0. The van der Waals surface area contributed by atoms with Crippen molar-refractivity contribution in [1.82, 2.24) is 10.5 Å². The molecule has 6 nitrogen and oxygen atoms in total. The van der Waals surface area contributed by atoms with Crippen LogP contribution in [0.5, 0.6) is 0 Å². The zero-order valence-electron chi connectivity index (χ0n) is 21.8. The molecule has 40 heavy (non-hydrogen) atoms. The van der Waals surface area contributed by atoms with Gasteiger partial charge in [-0.05, 0) is 57.3 Å². The first-order valence-electron chi connectivity index (χ1n) is 13.1. The summed E-state index contributed by atoms with van der Waals surface area (Å²) >= 11 is 0. The Morgan fingerprint density at radius 3 is 2.30 bits per heavy atom. The molecule has 0 saturated carbocycles. The number of rotatable bonds is 7. The Morgan fingerprint density at radius 1 is 0.825 bits per heavy atom. The first-order valence-corrected chi connectivity index (χ1v) is 13.1. The lowest BCUT2D eigenvalue weighted by atomic mass is 9.91. The summed E-state index contributed by atoms with van der Waals surface area (Å²) in [5, 5.41) is 19.6. The lowest BCUT2D eigenvalue weighted by Crippen LogP contribution is -2.23. The predicted molar refractivity (Wildman–Crippen MR) is 155 cm³/mol. The van der Waals surface area contributed by atoms with E-state index in [1.165, 1.54) is 12.1 Å². The van der Waals surface area contributed by atoms with Crippen LogP contribution >= 0.6 is 0 Å². The molecule has 0 aliphatic carbocycles. The van der Waals surface area contributed by atoms with Crippen LogP contribution in [-0.2, 0) is 6.54 Å². The van der Waals surface area contributed by atoms with Gasteiger partial charge in [-0.2, -0.15) is 0 Å². The third kappa shape index (κ3) is 4.83. The normalized spacial score (nSPS) is 11.9. The summed E-state index contributed by atoms with van der Waals surface area (Å²) in [5.74, 6) is -1.37. The number of nitrogens with one attached hydrogen (secondary N) is 1. The van der Waals surface area contributed by atoms with Gasteiger partial charge in [-0.15, -0.1) is 0 Å². The maximum atomic E-state index is 13.7. The molecule has 5 aromatic carbocycles. The number of nitrogens with zero attached hydrogens (tertiary/aromatic N) is 1. The molecule has 0 radical (unpaired) electrons. The van der Waals surface area contributed by atoms with E-state index in [4.69, 9.17) is 9.63 Å². The van der Waals surface area contributed by atoms with Crippen LogP contribution in [0.15, 0.2) is 114 Å². The van der Waals surface area contributed by atoms with Crippen molar-refractivity contribution >= 4 is 33.6 Å². The molecule has 1 amide bonds. The van der Waals surface area contributed by atoms with E-state index in [0.717, 1.165) is 33.0 Å². The van der Waals surface area contributed by atoms with Gasteiger partial charge in [0.05, 0.1) is 22.2 Å². The average Bonchev–Trinajstić information content (AvgIpc) is 3.43. The van der Waals surface area contributed by atoms with Crippen molar-refractivity contribution in [3.05, 3.63) is 137 Å². The molecule has 0 unspecified atom stereocenters. The molecular formula is C34H26N2O4.